The topological polar surface area (TPSA) is 46.8 Å². The van der Waals surface area contributed by atoms with Crippen molar-refractivity contribution < 1.29 is 0 Å². The summed E-state index contributed by atoms with van der Waals surface area (Å²) >= 11 is 0. The summed E-state index contributed by atoms with van der Waals surface area (Å²) in [6.45, 7) is 6.06. The number of hydrogen-bond donors (Lipinski definition) is 0. The normalized spacial score (nSPS) is 10.7. The van der Waals surface area contributed by atoms with Crippen LogP contribution in [0.5, 0.6) is 0 Å². The largest absolute Gasteiger partial charge is 0.310 e. The molecule has 0 aromatic carbocycles. The fourth-order valence-corrected chi connectivity index (χ4v) is 1.49. The lowest BCUT2D eigenvalue weighted by Crippen LogP contribution is -2.35. The van der Waals surface area contributed by atoms with Crippen molar-refractivity contribution in [3.8, 4) is 11.5 Å². The number of nitrogens with zero attached hydrogens (tertiary/aromatic N) is 5. The second kappa shape index (κ2) is 3.61. The minimum absolute atomic E-state index is 0.833. The van der Waals surface area contributed by atoms with Gasteiger partial charge in [0.05, 0.1) is 6.20 Å². The molecule has 0 spiro atoms. The molecule has 0 fully saturated rings. The molecule has 0 saturated carbocycles. The number of rotatable bonds is 3. The van der Waals surface area contributed by atoms with Gasteiger partial charge in [0, 0.05) is 13.1 Å². The van der Waals surface area contributed by atoms with Gasteiger partial charge in [-0.25, -0.2) is 19.6 Å². The summed E-state index contributed by atoms with van der Waals surface area (Å²) in [5, 5.41) is 2.14. The standard InChI is InChI=1S/C9H13N5/c1-3-13(4-2)14-7-10-5-8-9(14)12-6-11-8/h5-7H,3-4H2,1-2H3. The molecule has 2 rings (SSSR count). The highest BCUT2D eigenvalue weighted by molar-refractivity contribution is 5.49. The zero-order valence-corrected chi connectivity index (χ0v) is 8.38. The average molecular weight is 191 g/mol. The molecule has 74 valence electrons. The first-order valence-corrected chi connectivity index (χ1v) is 4.75. The fraction of sp³-hybridized carbons (Fsp3) is 0.444. The van der Waals surface area contributed by atoms with E-state index in [2.05, 4.69) is 33.8 Å². The van der Waals surface area contributed by atoms with Crippen molar-refractivity contribution in [3.63, 3.8) is 0 Å². The lowest BCUT2D eigenvalue weighted by molar-refractivity contribution is 0.605. The molecule has 0 amide bonds. The lowest BCUT2D eigenvalue weighted by Gasteiger charge is -2.24. The van der Waals surface area contributed by atoms with Crippen LogP contribution in [0.3, 0.4) is 0 Å². The Balaban J connectivity index is 2.47. The molecule has 2 aliphatic rings. The van der Waals surface area contributed by atoms with Crippen molar-refractivity contribution in [1.82, 2.24) is 19.6 Å². The zero-order valence-electron chi connectivity index (χ0n) is 8.38. The van der Waals surface area contributed by atoms with Crippen LogP contribution in [-0.4, -0.2) is 32.7 Å². The summed E-state index contributed by atoms with van der Waals surface area (Å²) in [6.07, 6.45) is 5.05. The Morgan fingerprint density at radius 2 is 2.07 bits per heavy atom. The third-order valence-electron chi connectivity index (χ3n) is 2.23. The number of fused-ring (bicyclic) bond motifs is 1. The predicted octanol–water partition coefficient (Wildman–Crippen LogP) is 0.756. The SMILES string of the molecule is CCN(CC)n1cncc2ncnc1-2. The first-order valence-electron chi connectivity index (χ1n) is 4.75. The van der Waals surface area contributed by atoms with Crippen LogP contribution in [0.15, 0.2) is 18.9 Å². The van der Waals surface area contributed by atoms with E-state index in [1.807, 2.05) is 4.68 Å². The van der Waals surface area contributed by atoms with Crippen molar-refractivity contribution >= 4 is 0 Å². The molecule has 2 heterocycles. The Hall–Kier alpha value is -1.65. The van der Waals surface area contributed by atoms with E-state index in [0.29, 0.717) is 0 Å². The minimum Gasteiger partial charge on any atom is -0.310 e. The molecule has 0 aliphatic carbocycles. The minimum atomic E-state index is 0.833. The van der Waals surface area contributed by atoms with Gasteiger partial charge < -0.3 is 5.01 Å². The summed E-state index contributed by atoms with van der Waals surface area (Å²) in [6, 6.07) is 0. The fourth-order valence-electron chi connectivity index (χ4n) is 1.49. The van der Waals surface area contributed by atoms with Crippen LogP contribution >= 0.6 is 0 Å². The molecule has 0 radical (unpaired) electrons. The van der Waals surface area contributed by atoms with E-state index in [1.54, 1.807) is 18.9 Å². The monoisotopic (exact) mass is 191 g/mol. The Bertz CT molecular complexity index is 379. The molecule has 0 unspecified atom stereocenters. The zero-order chi connectivity index (χ0) is 9.97. The van der Waals surface area contributed by atoms with Crippen LogP contribution in [0.1, 0.15) is 13.8 Å². The van der Waals surface area contributed by atoms with Gasteiger partial charge in [-0.2, -0.15) is 0 Å². The number of hydrogen-bond acceptors (Lipinski definition) is 4. The van der Waals surface area contributed by atoms with Crippen molar-refractivity contribution in [2.24, 2.45) is 0 Å². The van der Waals surface area contributed by atoms with Crippen LogP contribution in [-0.2, 0) is 0 Å². The summed E-state index contributed by atoms with van der Waals surface area (Å²) in [5.74, 6) is 0.865. The quantitative estimate of drug-likeness (QED) is 0.718. The van der Waals surface area contributed by atoms with E-state index < -0.39 is 0 Å². The molecule has 0 N–H and O–H groups in total. The molecule has 14 heavy (non-hydrogen) atoms. The molecule has 0 aromatic heterocycles. The van der Waals surface area contributed by atoms with Gasteiger partial charge in [-0.15, -0.1) is 0 Å². The van der Waals surface area contributed by atoms with E-state index in [0.717, 1.165) is 24.6 Å². The maximum absolute atomic E-state index is 4.21. The van der Waals surface area contributed by atoms with E-state index in [1.165, 1.54) is 0 Å². The first-order chi connectivity index (χ1) is 6.86. The molecule has 0 atom stereocenters. The van der Waals surface area contributed by atoms with Gasteiger partial charge in [-0.05, 0) is 13.8 Å². The van der Waals surface area contributed by atoms with Crippen molar-refractivity contribution in [2.45, 2.75) is 13.8 Å². The Labute approximate surface area is 82.7 Å². The molecule has 5 nitrogen and oxygen atoms in total. The summed E-state index contributed by atoms with van der Waals surface area (Å²) in [5.41, 5.74) is 0.833. The summed E-state index contributed by atoms with van der Waals surface area (Å²) in [4.78, 5) is 12.4. The van der Waals surface area contributed by atoms with Crippen LogP contribution < -0.4 is 5.01 Å². The van der Waals surface area contributed by atoms with Gasteiger partial charge in [0.1, 0.15) is 18.3 Å². The lowest BCUT2D eigenvalue weighted by atomic mass is 10.4. The Morgan fingerprint density at radius 1 is 1.29 bits per heavy atom. The smallest absolute Gasteiger partial charge is 0.182 e. The van der Waals surface area contributed by atoms with Gasteiger partial charge in [-0.3, -0.25) is 0 Å². The Kier molecular flexibility index (Phi) is 2.30. The van der Waals surface area contributed by atoms with Gasteiger partial charge in [0.15, 0.2) is 5.82 Å². The maximum atomic E-state index is 4.21. The van der Waals surface area contributed by atoms with E-state index in [4.69, 9.17) is 0 Å². The second-order valence-corrected chi connectivity index (χ2v) is 2.96. The van der Waals surface area contributed by atoms with Crippen molar-refractivity contribution in [2.75, 3.05) is 18.1 Å². The van der Waals surface area contributed by atoms with Gasteiger partial charge in [0.2, 0.25) is 0 Å². The van der Waals surface area contributed by atoms with E-state index in [9.17, 15) is 0 Å². The van der Waals surface area contributed by atoms with E-state index in [-0.39, 0.29) is 0 Å². The molecule has 0 saturated heterocycles. The van der Waals surface area contributed by atoms with Crippen LogP contribution in [0.2, 0.25) is 0 Å². The molecule has 5 heteroatoms. The van der Waals surface area contributed by atoms with Crippen LogP contribution in [0.4, 0.5) is 0 Å². The highest BCUT2D eigenvalue weighted by atomic mass is 15.6. The molecule has 0 aromatic rings. The van der Waals surface area contributed by atoms with Crippen molar-refractivity contribution in [3.05, 3.63) is 18.9 Å². The molecule has 0 bridgehead atoms. The first kappa shape index (κ1) is 8.93. The van der Waals surface area contributed by atoms with Gasteiger partial charge >= 0.3 is 0 Å². The Morgan fingerprint density at radius 3 is 2.79 bits per heavy atom. The third-order valence-corrected chi connectivity index (χ3v) is 2.23. The summed E-state index contributed by atoms with van der Waals surface area (Å²) in [7, 11) is 0. The number of imidazole rings is 1. The van der Waals surface area contributed by atoms with Crippen LogP contribution in [0, 0.1) is 0 Å². The van der Waals surface area contributed by atoms with E-state index >= 15 is 0 Å². The summed E-state index contributed by atoms with van der Waals surface area (Å²) < 4.78 is 1.95. The maximum Gasteiger partial charge on any atom is 0.182 e. The highest BCUT2D eigenvalue weighted by Gasteiger charge is 2.12. The molecular formula is C9H13N5. The van der Waals surface area contributed by atoms with Crippen LogP contribution in [0.25, 0.3) is 11.5 Å². The number of aromatic nitrogens is 4. The second-order valence-electron chi connectivity index (χ2n) is 2.96. The highest BCUT2D eigenvalue weighted by Crippen LogP contribution is 2.14. The van der Waals surface area contributed by atoms with Gasteiger partial charge in [0.25, 0.3) is 0 Å². The average Bonchev–Trinajstić information content (AvgIpc) is 2.68. The molecule has 2 aliphatic heterocycles. The third kappa shape index (κ3) is 1.30. The predicted molar refractivity (Wildman–Crippen MR) is 53.7 cm³/mol. The molecular weight excluding hydrogens is 178 g/mol. The van der Waals surface area contributed by atoms with Gasteiger partial charge in [-0.1, -0.05) is 0 Å². The van der Waals surface area contributed by atoms with Crippen molar-refractivity contribution in [1.29, 1.82) is 0 Å².